The summed E-state index contributed by atoms with van der Waals surface area (Å²) >= 11 is 0. The fourth-order valence-electron chi connectivity index (χ4n) is 0.814. The fourth-order valence-corrected chi connectivity index (χ4v) is 0.814. The average molecular weight is 220 g/mol. The van der Waals surface area contributed by atoms with Gasteiger partial charge < -0.3 is 24.5 Å². The number of rotatable bonds is 2. The van der Waals surface area contributed by atoms with E-state index >= 15 is 0 Å². The Morgan fingerprint density at radius 3 is 2.21 bits per heavy atom. The summed E-state index contributed by atoms with van der Waals surface area (Å²) in [6, 6.07) is 5.23. The van der Waals surface area contributed by atoms with Crippen LogP contribution in [0.2, 0.25) is 0 Å². The third-order valence-corrected chi connectivity index (χ3v) is 1.30. The van der Waals surface area contributed by atoms with E-state index in [1.54, 1.807) is 0 Å². The van der Waals surface area contributed by atoms with Crippen LogP contribution in [0.4, 0.5) is 4.79 Å². The Balaban J connectivity index is 0.00000169. The van der Waals surface area contributed by atoms with E-state index in [0.717, 1.165) is 0 Å². The van der Waals surface area contributed by atoms with Crippen LogP contribution in [-0.4, -0.2) is 49.9 Å². The quantitative estimate of drug-likeness (QED) is 0.340. The Morgan fingerprint density at radius 1 is 1.14 bits per heavy atom. The van der Waals surface area contributed by atoms with Crippen molar-refractivity contribution in [2.24, 2.45) is 0 Å². The smallest absolute Gasteiger partial charge is 0.545 e. The molecule has 0 atom stereocenters. The van der Waals surface area contributed by atoms with Crippen molar-refractivity contribution in [3.8, 4) is 5.75 Å². The van der Waals surface area contributed by atoms with Crippen molar-refractivity contribution in [2.75, 3.05) is 0 Å². The third-order valence-electron chi connectivity index (χ3n) is 1.30. The molecule has 0 amide bonds. The summed E-state index contributed by atoms with van der Waals surface area (Å²) in [5.41, 5.74) is -0.327. The maximum Gasteiger partial charge on any atom is 2.00 e. The average Bonchev–Trinajstić information content (AvgIpc) is 2.03. The second kappa shape index (κ2) is 5.85. The molecule has 0 aliphatic rings. The molecule has 0 fully saturated rings. The number of carboxylic acids is 1. The molecule has 1 aromatic carbocycles. The van der Waals surface area contributed by atoms with Gasteiger partial charge >= 0.3 is 37.7 Å². The molecule has 6 heteroatoms. The second-order valence-corrected chi connectivity index (χ2v) is 2.14. The molecule has 0 saturated heterocycles. The molecule has 0 aromatic heterocycles. The number of hydrogen-bond acceptors (Lipinski definition) is 5. The summed E-state index contributed by atoms with van der Waals surface area (Å²) in [5.74, 6) is -1.81. The molecule has 14 heavy (non-hydrogen) atoms. The zero-order chi connectivity index (χ0) is 9.84. The van der Waals surface area contributed by atoms with Crippen molar-refractivity contribution in [3.63, 3.8) is 0 Å². The summed E-state index contributed by atoms with van der Waals surface area (Å²) in [6.07, 6.45) is -1.81. The molecule has 0 spiro atoms. The monoisotopic (exact) mass is 220 g/mol. The van der Waals surface area contributed by atoms with Gasteiger partial charge in [-0.15, -0.1) is 0 Å². The van der Waals surface area contributed by atoms with Crippen molar-refractivity contribution < 1.29 is 24.5 Å². The molecule has 0 N–H and O–H groups in total. The minimum atomic E-state index is -1.81. The summed E-state index contributed by atoms with van der Waals surface area (Å²) < 4.78 is 4.09. The first kappa shape index (κ1) is 13.2. The molecule has 0 unspecified atom stereocenters. The molecule has 0 heterocycles. The van der Waals surface area contributed by atoms with E-state index < -0.39 is 12.1 Å². The summed E-state index contributed by atoms with van der Waals surface area (Å²) in [7, 11) is 0. The molecular formula is C8H4CaO5. The van der Waals surface area contributed by atoms with E-state index in [1.807, 2.05) is 0 Å². The van der Waals surface area contributed by atoms with Gasteiger partial charge in [-0.1, -0.05) is 18.2 Å². The first-order valence-corrected chi connectivity index (χ1v) is 3.30. The number of aromatic carboxylic acids is 1. The number of hydrogen-bond donors (Lipinski definition) is 0. The number of carbonyl (C=O) groups is 2. The van der Waals surface area contributed by atoms with Crippen molar-refractivity contribution in [2.45, 2.75) is 0 Å². The molecule has 0 aliphatic heterocycles. The van der Waals surface area contributed by atoms with Gasteiger partial charge in [0.2, 0.25) is 0 Å². The molecule has 0 radical (unpaired) electrons. The van der Waals surface area contributed by atoms with E-state index in [-0.39, 0.29) is 49.1 Å². The van der Waals surface area contributed by atoms with Gasteiger partial charge in [0.15, 0.2) is 0 Å². The largest absolute Gasteiger partial charge is 2.00 e. The molecular weight excluding hydrogens is 216 g/mol. The first-order valence-electron chi connectivity index (χ1n) is 3.30. The van der Waals surface area contributed by atoms with E-state index in [1.165, 1.54) is 24.3 Å². The van der Waals surface area contributed by atoms with Gasteiger partial charge in [-0.2, -0.15) is 0 Å². The van der Waals surface area contributed by atoms with Gasteiger partial charge in [0.25, 0.3) is 6.16 Å². The normalized spacial score (nSPS) is 8.57. The van der Waals surface area contributed by atoms with E-state index in [9.17, 15) is 19.8 Å². The number of carbonyl (C=O) groups excluding carboxylic acids is 2. The molecule has 0 aliphatic carbocycles. The molecule has 1 aromatic rings. The fraction of sp³-hybridized carbons (Fsp3) is 0. The van der Waals surface area contributed by atoms with E-state index in [0.29, 0.717) is 0 Å². The molecule has 68 valence electrons. The summed E-state index contributed by atoms with van der Waals surface area (Å²) in [5, 5.41) is 20.4. The van der Waals surface area contributed by atoms with Crippen LogP contribution in [0.3, 0.4) is 0 Å². The molecule has 1 rings (SSSR count). The number of benzene rings is 1. The topological polar surface area (TPSA) is 89.5 Å². The third kappa shape index (κ3) is 3.53. The van der Waals surface area contributed by atoms with Crippen LogP contribution in [0.1, 0.15) is 10.4 Å². The maximum absolute atomic E-state index is 10.4. The van der Waals surface area contributed by atoms with Gasteiger partial charge in [0.1, 0.15) is 0 Å². The number of para-hydroxylation sites is 1. The summed E-state index contributed by atoms with van der Waals surface area (Å²) in [6.45, 7) is 0. The van der Waals surface area contributed by atoms with E-state index in [2.05, 4.69) is 4.74 Å². The summed E-state index contributed by atoms with van der Waals surface area (Å²) in [4.78, 5) is 20.4. The van der Waals surface area contributed by atoms with Gasteiger partial charge in [-0.3, -0.25) is 0 Å². The first-order chi connectivity index (χ1) is 6.11. The van der Waals surface area contributed by atoms with Crippen LogP contribution in [-0.2, 0) is 0 Å². The standard InChI is InChI=1S/C8H6O5.Ca/c9-7(10)5-3-1-2-4-6(5)13-8(11)12;/h1-4H,(H,9,10)(H,11,12);/q;+2/p-2. The van der Waals surface area contributed by atoms with Crippen LogP contribution in [0.5, 0.6) is 5.75 Å². The predicted molar refractivity (Wildman–Crippen MR) is 42.6 cm³/mol. The zero-order valence-corrected chi connectivity index (χ0v) is 9.27. The van der Waals surface area contributed by atoms with Crippen molar-refractivity contribution in [1.29, 1.82) is 0 Å². The molecule has 0 saturated carbocycles. The number of ether oxygens (including phenoxy) is 1. The SMILES string of the molecule is O=C([O-])Oc1ccccc1C(=O)[O-].[Ca+2]. The van der Waals surface area contributed by atoms with Crippen molar-refractivity contribution in [1.82, 2.24) is 0 Å². The van der Waals surface area contributed by atoms with Gasteiger partial charge in [-0.25, -0.2) is 0 Å². The van der Waals surface area contributed by atoms with Crippen LogP contribution in [0.25, 0.3) is 0 Å². The Labute approximate surface area is 109 Å². The number of carboxylic acid groups (broad SMARTS) is 2. The molecule has 5 nitrogen and oxygen atoms in total. The zero-order valence-electron chi connectivity index (χ0n) is 7.06. The maximum atomic E-state index is 10.4. The van der Waals surface area contributed by atoms with Crippen LogP contribution < -0.4 is 14.9 Å². The Morgan fingerprint density at radius 2 is 1.71 bits per heavy atom. The van der Waals surface area contributed by atoms with Crippen LogP contribution in [0.15, 0.2) is 24.3 Å². The Hall–Kier alpha value is -0.780. The Bertz CT molecular complexity index is 349. The molecule has 0 bridgehead atoms. The minimum Gasteiger partial charge on any atom is -0.545 e. The van der Waals surface area contributed by atoms with Gasteiger partial charge in [0.05, 0.1) is 11.7 Å². The van der Waals surface area contributed by atoms with E-state index in [4.69, 9.17) is 0 Å². The minimum absolute atomic E-state index is 0. The van der Waals surface area contributed by atoms with Crippen LogP contribution in [0, 0.1) is 0 Å². The predicted octanol–water partition coefficient (Wildman–Crippen LogP) is -1.61. The van der Waals surface area contributed by atoms with Crippen LogP contribution >= 0.6 is 0 Å². The van der Waals surface area contributed by atoms with Crippen molar-refractivity contribution >= 4 is 49.9 Å². The van der Waals surface area contributed by atoms with Gasteiger partial charge in [-0.05, 0) is 6.07 Å². The Kier molecular flexibility index (Phi) is 5.52. The second-order valence-electron chi connectivity index (χ2n) is 2.14. The van der Waals surface area contributed by atoms with Crippen molar-refractivity contribution in [3.05, 3.63) is 29.8 Å². The van der Waals surface area contributed by atoms with Gasteiger partial charge in [0, 0.05) is 5.56 Å².